The van der Waals surface area contributed by atoms with Gasteiger partial charge in [0, 0.05) is 53.4 Å². The van der Waals surface area contributed by atoms with Crippen molar-refractivity contribution < 1.29 is 0 Å². The van der Waals surface area contributed by atoms with Crippen LogP contribution in [0.3, 0.4) is 0 Å². The Balaban J connectivity index is 2.06. The van der Waals surface area contributed by atoms with E-state index < -0.39 is 0 Å². The van der Waals surface area contributed by atoms with Gasteiger partial charge in [-0.2, -0.15) is 23.5 Å². The lowest BCUT2D eigenvalue weighted by Gasteiger charge is -2.35. The van der Waals surface area contributed by atoms with Gasteiger partial charge in [0.25, 0.3) is 0 Å². The van der Waals surface area contributed by atoms with Crippen LogP contribution in [0.25, 0.3) is 0 Å². The molecule has 0 spiro atoms. The van der Waals surface area contributed by atoms with Crippen LogP contribution in [-0.2, 0) is 13.0 Å². The molecule has 3 atom stereocenters. The Hall–Kier alpha value is -0.130. The minimum Gasteiger partial charge on any atom is -0.335 e. The van der Waals surface area contributed by atoms with Gasteiger partial charge >= 0.3 is 0 Å². The zero-order chi connectivity index (χ0) is 14.4. The van der Waals surface area contributed by atoms with Crippen LogP contribution in [0.5, 0.6) is 0 Å². The van der Waals surface area contributed by atoms with E-state index in [1.54, 1.807) is 0 Å². The molecule has 2 heterocycles. The quantitative estimate of drug-likeness (QED) is 0.838. The molecule has 0 aromatic carbocycles. The van der Waals surface area contributed by atoms with E-state index in [-0.39, 0.29) is 0 Å². The molecule has 5 heteroatoms. The maximum absolute atomic E-state index is 4.56. The Labute approximate surface area is 131 Å². The van der Waals surface area contributed by atoms with Crippen molar-refractivity contribution in [3.8, 4) is 0 Å². The number of hydrogen-bond acceptors (Lipinski definition) is 4. The topological polar surface area (TPSA) is 29.9 Å². The summed E-state index contributed by atoms with van der Waals surface area (Å²) >= 11 is 4.27. The summed E-state index contributed by atoms with van der Waals surface area (Å²) in [6, 6.07) is 0.537. The van der Waals surface area contributed by atoms with Gasteiger partial charge in [-0.25, -0.2) is 4.98 Å². The molecule has 1 saturated heterocycles. The van der Waals surface area contributed by atoms with Gasteiger partial charge in [0.05, 0.1) is 0 Å². The van der Waals surface area contributed by atoms with Crippen LogP contribution >= 0.6 is 23.5 Å². The van der Waals surface area contributed by atoms with Crippen molar-refractivity contribution in [3.63, 3.8) is 0 Å². The van der Waals surface area contributed by atoms with Crippen LogP contribution in [0.15, 0.2) is 12.4 Å². The van der Waals surface area contributed by atoms with E-state index in [4.69, 9.17) is 0 Å². The summed E-state index contributed by atoms with van der Waals surface area (Å²) in [6.07, 6.45) is 6.27. The smallest absolute Gasteiger partial charge is 0.110 e. The van der Waals surface area contributed by atoms with Crippen LogP contribution in [0, 0.1) is 0 Å². The predicted molar refractivity (Wildman–Crippen MR) is 91.9 cm³/mol. The monoisotopic (exact) mass is 313 g/mol. The van der Waals surface area contributed by atoms with Gasteiger partial charge in [-0.05, 0) is 19.9 Å². The van der Waals surface area contributed by atoms with Gasteiger partial charge < -0.3 is 9.88 Å². The molecule has 1 aliphatic rings. The second-order valence-corrected chi connectivity index (χ2v) is 8.08. The maximum atomic E-state index is 4.56. The second kappa shape index (κ2) is 8.35. The fourth-order valence-corrected chi connectivity index (χ4v) is 5.70. The zero-order valence-electron chi connectivity index (χ0n) is 12.8. The van der Waals surface area contributed by atoms with Gasteiger partial charge in [0.1, 0.15) is 5.82 Å². The molecular weight excluding hydrogens is 286 g/mol. The molecule has 0 saturated carbocycles. The summed E-state index contributed by atoms with van der Waals surface area (Å²) in [5, 5.41) is 5.20. The second-order valence-electron chi connectivity index (χ2n) is 5.31. The molecule has 1 aromatic heterocycles. The van der Waals surface area contributed by atoms with Crippen LogP contribution in [0.4, 0.5) is 0 Å². The number of aromatic nitrogens is 2. The number of rotatable bonds is 7. The highest BCUT2D eigenvalue weighted by Gasteiger charge is 2.30. The van der Waals surface area contributed by atoms with Gasteiger partial charge in [-0.3, -0.25) is 0 Å². The molecule has 1 aromatic rings. The highest BCUT2D eigenvalue weighted by molar-refractivity contribution is 8.07. The number of thioether (sulfide) groups is 2. The first-order valence-electron chi connectivity index (χ1n) is 7.72. The lowest BCUT2D eigenvalue weighted by molar-refractivity contribution is 0.470. The Kier molecular flexibility index (Phi) is 6.78. The summed E-state index contributed by atoms with van der Waals surface area (Å²) < 4.78 is 2.27. The normalized spacial score (nSPS) is 24.8. The summed E-state index contributed by atoms with van der Waals surface area (Å²) in [4.78, 5) is 4.56. The van der Waals surface area contributed by atoms with E-state index in [9.17, 15) is 0 Å². The highest BCUT2D eigenvalue weighted by atomic mass is 32.2. The van der Waals surface area contributed by atoms with E-state index in [1.165, 1.54) is 23.8 Å². The van der Waals surface area contributed by atoms with Crippen molar-refractivity contribution in [2.45, 2.75) is 56.7 Å². The van der Waals surface area contributed by atoms with E-state index in [0.29, 0.717) is 11.3 Å². The minimum absolute atomic E-state index is 0.537. The Morgan fingerprint density at radius 3 is 2.90 bits per heavy atom. The molecule has 3 nitrogen and oxygen atoms in total. The lowest BCUT2D eigenvalue weighted by Crippen LogP contribution is -2.46. The molecule has 2 rings (SSSR count). The third-order valence-corrected chi connectivity index (χ3v) is 7.09. The van der Waals surface area contributed by atoms with Crippen LogP contribution in [0.1, 0.15) is 33.0 Å². The van der Waals surface area contributed by atoms with Crippen LogP contribution < -0.4 is 5.32 Å². The molecule has 1 aliphatic heterocycles. The SMILES string of the molecule is CCCNC(Cc1nccn1CC)C1SCCSC1C. The summed E-state index contributed by atoms with van der Waals surface area (Å²) in [7, 11) is 0. The molecule has 0 amide bonds. The minimum atomic E-state index is 0.537. The first-order valence-corrected chi connectivity index (χ1v) is 9.82. The molecule has 1 fully saturated rings. The number of nitrogens with one attached hydrogen (secondary N) is 1. The molecule has 114 valence electrons. The van der Waals surface area contributed by atoms with E-state index in [0.717, 1.165) is 24.8 Å². The summed E-state index contributed by atoms with van der Waals surface area (Å²) in [5.74, 6) is 3.81. The zero-order valence-corrected chi connectivity index (χ0v) is 14.5. The average Bonchev–Trinajstić information content (AvgIpc) is 2.91. The standard InChI is InChI=1S/C15H27N3S2/c1-4-6-16-13(15-12(3)19-9-10-20-15)11-14-17-7-8-18(14)5-2/h7-8,12-13,15-16H,4-6,9-11H2,1-3H3. The molecular formula is C15H27N3S2. The fraction of sp³-hybridized carbons (Fsp3) is 0.800. The first-order chi connectivity index (χ1) is 9.76. The highest BCUT2D eigenvalue weighted by Crippen LogP contribution is 2.33. The number of hydrogen-bond donors (Lipinski definition) is 1. The van der Waals surface area contributed by atoms with Crippen LogP contribution in [-0.4, -0.2) is 44.1 Å². The van der Waals surface area contributed by atoms with Gasteiger partial charge in [0.2, 0.25) is 0 Å². The Morgan fingerprint density at radius 2 is 2.20 bits per heavy atom. The van der Waals surface area contributed by atoms with E-state index in [1.807, 2.05) is 6.20 Å². The first kappa shape index (κ1) is 16.2. The predicted octanol–water partition coefficient (Wildman–Crippen LogP) is 3.05. The average molecular weight is 314 g/mol. The third-order valence-electron chi connectivity index (χ3n) is 3.84. The maximum Gasteiger partial charge on any atom is 0.110 e. The molecule has 20 heavy (non-hydrogen) atoms. The molecule has 1 N–H and O–H groups in total. The number of nitrogens with zero attached hydrogens (tertiary/aromatic N) is 2. The lowest BCUT2D eigenvalue weighted by atomic mass is 10.1. The molecule has 0 aliphatic carbocycles. The van der Waals surface area contributed by atoms with Crippen molar-refractivity contribution in [2.75, 3.05) is 18.1 Å². The van der Waals surface area contributed by atoms with Crippen molar-refractivity contribution in [3.05, 3.63) is 18.2 Å². The summed E-state index contributed by atoms with van der Waals surface area (Å²) in [6.45, 7) is 8.93. The Morgan fingerprint density at radius 1 is 1.40 bits per heavy atom. The van der Waals surface area contributed by atoms with Crippen molar-refractivity contribution >= 4 is 23.5 Å². The largest absolute Gasteiger partial charge is 0.335 e. The summed E-state index contributed by atoms with van der Waals surface area (Å²) in [5.41, 5.74) is 0. The van der Waals surface area contributed by atoms with Crippen molar-refractivity contribution in [1.29, 1.82) is 0 Å². The van der Waals surface area contributed by atoms with Gasteiger partial charge in [-0.15, -0.1) is 0 Å². The van der Waals surface area contributed by atoms with E-state index in [2.05, 4.69) is 65.4 Å². The number of aryl methyl sites for hydroxylation is 1. The van der Waals surface area contributed by atoms with Crippen molar-refractivity contribution in [2.24, 2.45) is 0 Å². The number of imidazole rings is 1. The van der Waals surface area contributed by atoms with E-state index >= 15 is 0 Å². The molecule has 3 unspecified atom stereocenters. The molecule has 0 bridgehead atoms. The molecule has 0 radical (unpaired) electrons. The van der Waals surface area contributed by atoms with Gasteiger partial charge in [-0.1, -0.05) is 13.8 Å². The van der Waals surface area contributed by atoms with Crippen molar-refractivity contribution in [1.82, 2.24) is 14.9 Å². The van der Waals surface area contributed by atoms with Gasteiger partial charge in [0.15, 0.2) is 0 Å². The fourth-order valence-electron chi connectivity index (χ4n) is 2.74. The van der Waals surface area contributed by atoms with Crippen LogP contribution in [0.2, 0.25) is 0 Å². The Bertz CT molecular complexity index is 394. The third kappa shape index (κ3) is 4.18.